The summed E-state index contributed by atoms with van der Waals surface area (Å²) in [5.74, 6) is 2.00. The number of rotatable bonds is 6. The van der Waals surface area contributed by atoms with E-state index in [2.05, 4.69) is 10.3 Å². The lowest BCUT2D eigenvalue weighted by atomic mass is 10.2. The first-order valence-corrected chi connectivity index (χ1v) is 6.70. The number of ether oxygens (including phenoxy) is 2. The van der Waals surface area contributed by atoms with Crippen LogP contribution < -0.4 is 14.8 Å². The number of benzene rings is 1. The van der Waals surface area contributed by atoms with Crippen LogP contribution in [-0.4, -0.2) is 25.2 Å². The Morgan fingerprint density at radius 2 is 2.15 bits per heavy atom. The summed E-state index contributed by atoms with van der Waals surface area (Å²) in [5, 5.41) is 3.41. The van der Waals surface area contributed by atoms with E-state index in [0.717, 1.165) is 23.6 Å². The van der Waals surface area contributed by atoms with Crippen molar-refractivity contribution < 1.29 is 13.9 Å². The Hall–Kier alpha value is -2.01. The highest BCUT2D eigenvalue weighted by atomic mass is 16.5. The highest BCUT2D eigenvalue weighted by Gasteiger charge is 2.21. The van der Waals surface area contributed by atoms with Gasteiger partial charge in [0.2, 0.25) is 5.89 Å². The van der Waals surface area contributed by atoms with E-state index in [9.17, 15) is 0 Å². The van der Waals surface area contributed by atoms with Gasteiger partial charge in [-0.1, -0.05) is 0 Å². The lowest BCUT2D eigenvalue weighted by Crippen LogP contribution is -2.15. The number of nitrogens with one attached hydrogen (secondary N) is 1. The number of nitrogens with zero attached hydrogens (tertiary/aromatic N) is 1. The molecule has 0 spiro atoms. The van der Waals surface area contributed by atoms with E-state index in [-0.39, 0.29) is 0 Å². The van der Waals surface area contributed by atoms with E-state index in [4.69, 9.17) is 13.9 Å². The third kappa shape index (κ3) is 2.77. The van der Waals surface area contributed by atoms with E-state index < -0.39 is 0 Å². The molecule has 0 amide bonds. The zero-order chi connectivity index (χ0) is 13.9. The summed E-state index contributed by atoms with van der Waals surface area (Å²) in [4.78, 5) is 4.49. The van der Waals surface area contributed by atoms with Crippen molar-refractivity contribution in [1.82, 2.24) is 10.3 Å². The fourth-order valence-electron chi connectivity index (χ4n) is 2.02. The molecule has 5 nitrogen and oxygen atoms in total. The number of methoxy groups -OCH3 is 2. The molecule has 3 rings (SSSR count). The van der Waals surface area contributed by atoms with Crippen LogP contribution in [0.3, 0.4) is 0 Å². The van der Waals surface area contributed by atoms with Gasteiger partial charge in [0.15, 0.2) is 0 Å². The Balaban J connectivity index is 1.80. The SMILES string of the molecule is COc1ccc(-c2nc(CNC3CC3)co2)c(OC)c1. The zero-order valence-corrected chi connectivity index (χ0v) is 11.7. The lowest BCUT2D eigenvalue weighted by molar-refractivity contribution is 0.394. The van der Waals surface area contributed by atoms with Gasteiger partial charge in [-0.25, -0.2) is 4.98 Å². The molecule has 0 radical (unpaired) electrons. The smallest absolute Gasteiger partial charge is 0.229 e. The second kappa shape index (κ2) is 5.54. The maximum absolute atomic E-state index is 5.55. The number of oxazole rings is 1. The van der Waals surface area contributed by atoms with Gasteiger partial charge in [0.05, 0.1) is 25.5 Å². The van der Waals surface area contributed by atoms with Gasteiger partial charge in [0, 0.05) is 18.7 Å². The van der Waals surface area contributed by atoms with E-state index in [0.29, 0.717) is 17.7 Å². The maximum atomic E-state index is 5.55. The summed E-state index contributed by atoms with van der Waals surface area (Å²) in [7, 11) is 3.25. The van der Waals surface area contributed by atoms with Crippen LogP contribution >= 0.6 is 0 Å². The van der Waals surface area contributed by atoms with E-state index >= 15 is 0 Å². The minimum Gasteiger partial charge on any atom is -0.497 e. The normalized spacial score (nSPS) is 14.3. The van der Waals surface area contributed by atoms with Crippen molar-refractivity contribution >= 4 is 0 Å². The monoisotopic (exact) mass is 274 g/mol. The van der Waals surface area contributed by atoms with Gasteiger partial charge in [-0.05, 0) is 25.0 Å². The quantitative estimate of drug-likeness (QED) is 0.877. The molecule has 0 unspecified atom stereocenters. The molecule has 1 heterocycles. The van der Waals surface area contributed by atoms with Crippen LogP contribution in [0.5, 0.6) is 11.5 Å². The fraction of sp³-hybridized carbons (Fsp3) is 0.400. The Morgan fingerprint density at radius 3 is 2.85 bits per heavy atom. The topological polar surface area (TPSA) is 56.5 Å². The van der Waals surface area contributed by atoms with Gasteiger partial charge >= 0.3 is 0 Å². The molecule has 20 heavy (non-hydrogen) atoms. The second-order valence-electron chi connectivity index (χ2n) is 4.87. The highest BCUT2D eigenvalue weighted by Crippen LogP contribution is 2.32. The van der Waals surface area contributed by atoms with Crippen molar-refractivity contribution in [2.75, 3.05) is 14.2 Å². The van der Waals surface area contributed by atoms with Gasteiger partial charge < -0.3 is 19.2 Å². The summed E-state index contributed by atoms with van der Waals surface area (Å²) < 4.78 is 16.1. The predicted molar refractivity (Wildman–Crippen MR) is 74.9 cm³/mol. The van der Waals surface area contributed by atoms with Crippen molar-refractivity contribution in [3.8, 4) is 23.0 Å². The molecule has 1 N–H and O–H groups in total. The van der Waals surface area contributed by atoms with Crippen LogP contribution in [0.2, 0.25) is 0 Å². The van der Waals surface area contributed by atoms with Gasteiger partial charge in [0.25, 0.3) is 0 Å². The van der Waals surface area contributed by atoms with Crippen LogP contribution in [0, 0.1) is 0 Å². The molecule has 0 aliphatic heterocycles. The Bertz CT molecular complexity index is 591. The Labute approximate surface area is 117 Å². The van der Waals surface area contributed by atoms with Crippen molar-refractivity contribution in [3.05, 3.63) is 30.2 Å². The minimum absolute atomic E-state index is 0.567. The third-order valence-electron chi connectivity index (χ3n) is 3.34. The molecule has 1 fully saturated rings. The van der Waals surface area contributed by atoms with Crippen molar-refractivity contribution in [3.63, 3.8) is 0 Å². The number of hydrogen-bond acceptors (Lipinski definition) is 5. The summed E-state index contributed by atoms with van der Waals surface area (Å²) in [5.41, 5.74) is 1.73. The van der Waals surface area contributed by atoms with Crippen LogP contribution in [-0.2, 0) is 6.54 Å². The molecule has 1 aliphatic rings. The predicted octanol–water partition coefficient (Wildman–Crippen LogP) is 2.61. The molecule has 5 heteroatoms. The van der Waals surface area contributed by atoms with Gasteiger partial charge in [-0.3, -0.25) is 0 Å². The average molecular weight is 274 g/mol. The molecule has 0 bridgehead atoms. The average Bonchev–Trinajstić information content (AvgIpc) is 3.21. The highest BCUT2D eigenvalue weighted by molar-refractivity contribution is 5.64. The third-order valence-corrected chi connectivity index (χ3v) is 3.34. The van der Waals surface area contributed by atoms with E-state index in [1.807, 2.05) is 18.2 Å². The first-order chi connectivity index (χ1) is 9.80. The maximum Gasteiger partial charge on any atom is 0.229 e. The van der Waals surface area contributed by atoms with Gasteiger partial charge in [0.1, 0.15) is 17.8 Å². The van der Waals surface area contributed by atoms with Gasteiger partial charge in [-0.2, -0.15) is 0 Å². The van der Waals surface area contributed by atoms with Crippen LogP contribution in [0.25, 0.3) is 11.5 Å². The van der Waals surface area contributed by atoms with Crippen LogP contribution in [0.1, 0.15) is 18.5 Å². The molecular weight excluding hydrogens is 256 g/mol. The van der Waals surface area contributed by atoms with Crippen LogP contribution in [0.4, 0.5) is 0 Å². The molecule has 0 saturated heterocycles. The molecule has 106 valence electrons. The molecule has 0 atom stereocenters. The Kier molecular flexibility index (Phi) is 3.60. The largest absolute Gasteiger partial charge is 0.497 e. The molecule has 1 aliphatic carbocycles. The summed E-state index contributed by atoms with van der Waals surface area (Å²) in [6, 6.07) is 6.23. The minimum atomic E-state index is 0.567. The number of hydrogen-bond donors (Lipinski definition) is 1. The van der Waals surface area contributed by atoms with Crippen LogP contribution in [0.15, 0.2) is 28.9 Å². The lowest BCUT2D eigenvalue weighted by Gasteiger charge is -2.07. The molecule has 2 aromatic rings. The molecule has 1 aromatic heterocycles. The van der Waals surface area contributed by atoms with Crippen molar-refractivity contribution in [2.45, 2.75) is 25.4 Å². The van der Waals surface area contributed by atoms with E-state index in [1.165, 1.54) is 12.8 Å². The van der Waals surface area contributed by atoms with Crippen molar-refractivity contribution in [1.29, 1.82) is 0 Å². The fourth-order valence-corrected chi connectivity index (χ4v) is 2.02. The van der Waals surface area contributed by atoms with Crippen molar-refractivity contribution in [2.24, 2.45) is 0 Å². The standard InChI is InChI=1S/C15H18N2O3/c1-18-12-5-6-13(14(7-12)19-2)15-17-11(9-20-15)8-16-10-3-4-10/h5-7,9-10,16H,3-4,8H2,1-2H3. The molecule has 1 aromatic carbocycles. The zero-order valence-electron chi connectivity index (χ0n) is 11.7. The number of aromatic nitrogens is 1. The summed E-state index contributed by atoms with van der Waals surface area (Å²) in [6.45, 7) is 0.743. The summed E-state index contributed by atoms with van der Waals surface area (Å²) >= 11 is 0. The molecule has 1 saturated carbocycles. The summed E-state index contributed by atoms with van der Waals surface area (Å²) in [6.07, 6.45) is 4.21. The second-order valence-corrected chi connectivity index (χ2v) is 4.87. The Morgan fingerprint density at radius 1 is 1.30 bits per heavy atom. The molecular formula is C15H18N2O3. The first kappa shape index (κ1) is 13.0. The van der Waals surface area contributed by atoms with E-state index in [1.54, 1.807) is 20.5 Å². The first-order valence-electron chi connectivity index (χ1n) is 6.70. The van der Waals surface area contributed by atoms with Gasteiger partial charge in [-0.15, -0.1) is 0 Å².